The van der Waals surface area contributed by atoms with Crippen molar-refractivity contribution < 1.29 is 14.6 Å². The average molecular weight is 447 g/mol. The van der Waals surface area contributed by atoms with Gasteiger partial charge in [0.05, 0.1) is 12.0 Å². The van der Waals surface area contributed by atoms with E-state index in [0.29, 0.717) is 23.3 Å². The Labute approximate surface area is 196 Å². The maximum absolute atomic E-state index is 11.6. The molecule has 4 unspecified atom stereocenters. The molecule has 2 aromatic rings. The number of aliphatic carboxylic acids is 1. The Kier molecular flexibility index (Phi) is 6.05. The van der Waals surface area contributed by atoms with Crippen molar-refractivity contribution in [2.24, 2.45) is 17.8 Å². The maximum atomic E-state index is 11.6. The van der Waals surface area contributed by atoms with E-state index in [9.17, 15) is 15.2 Å². The number of carbonyl (C=O) groups is 1. The topological polar surface area (TPSA) is 73.6 Å². The van der Waals surface area contributed by atoms with Gasteiger partial charge < -0.3 is 9.84 Å². The van der Waals surface area contributed by atoms with Gasteiger partial charge >= 0.3 is 5.97 Å². The highest BCUT2D eigenvalue weighted by atomic mass is 16.5. The van der Waals surface area contributed by atoms with Crippen LogP contribution in [-0.2, 0) is 4.79 Å². The molecule has 1 saturated heterocycles. The maximum Gasteiger partial charge on any atom is 0.306 e. The number of nitriles is 1. The summed E-state index contributed by atoms with van der Waals surface area (Å²) in [6.07, 6.45) is 7.30. The van der Waals surface area contributed by atoms with E-state index in [2.05, 4.69) is 49.1 Å². The third-order valence-electron chi connectivity index (χ3n) is 8.42. The van der Waals surface area contributed by atoms with Crippen molar-refractivity contribution in [3.63, 3.8) is 0 Å². The molecular weight excluding hydrogens is 412 g/mol. The fourth-order valence-corrected chi connectivity index (χ4v) is 6.46. The standard InChI is InChI=1S/C28H34N2O3/c1-17-3-8-24(9-4-17)33-27-10-7-20-5-6-21(14-25(20)26(27)15-29)18(2)30-16-19-11-22(28(31)32)13-23(30)12-19/h5-7,10,14,17-19,22-24H,3-4,8-9,11-13,16H2,1-2H3,(H,31,32). The summed E-state index contributed by atoms with van der Waals surface area (Å²) in [6.45, 7) is 5.47. The lowest BCUT2D eigenvalue weighted by Crippen LogP contribution is -2.34. The Hall–Kier alpha value is -2.58. The van der Waals surface area contributed by atoms with Gasteiger partial charge in [-0.15, -0.1) is 0 Å². The van der Waals surface area contributed by atoms with Crippen LogP contribution in [0.2, 0.25) is 0 Å². The summed E-state index contributed by atoms with van der Waals surface area (Å²) in [4.78, 5) is 14.1. The third-order valence-corrected chi connectivity index (χ3v) is 8.42. The first-order chi connectivity index (χ1) is 15.9. The van der Waals surface area contributed by atoms with Crippen molar-refractivity contribution >= 4 is 16.7 Å². The second-order valence-corrected chi connectivity index (χ2v) is 10.7. The lowest BCUT2D eigenvalue weighted by molar-refractivity contribution is -0.143. The van der Waals surface area contributed by atoms with E-state index in [0.717, 1.165) is 55.3 Å². The average Bonchev–Trinajstić information content (AvgIpc) is 3.12. The molecule has 1 heterocycles. The number of ether oxygens (including phenoxy) is 1. The summed E-state index contributed by atoms with van der Waals surface area (Å²) >= 11 is 0. The van der Waals surface area contributed by atoms with E-state index in [1.165, 1.54) is 18.4 Å². The van der Waals surface area contributed by atoms with Crippen molar-refractivity contribution in [3.05, 3.63) is 41.5 Å². The van der Waals surface area contributed by atoms with Gasteiger partial charge in [-0.05, 0) is 86.8 Å². The van der Waals surface area contributed by atoms with Crippen molar-refractivity contribution in [1.82, 2.24) is 4.90 Å². The van der Waals surface area contributed by atoms with Crippen molar-refractivity contribution in [2.75, 3.05) is 6.54 Å². The zero-order valence-electron chi connectivity index (χ0n) is 19.7. The minimum atomic E-state index is -0.650. The zero-order valence-corrected chi connectivity index (χ0v) is 19.7. The van der Waals surface area contributed by atoms with Crippen LogP contribution in [0.1, 0.15) is 76.0 Å². The predicted molar refractivity (Wildman–Crippen MR) is 128 cm³/mol. The van der Waals surface area contributed by atoms with Gasteiger partial charge in [0, 0.05) is 24.0 Å². The van der Waals surface area contributed by atoms with Crippen molar-refractivity contribution in [3.8, 4) is 11.8 Å². The fourth-order valence-electron chi connectivity index (χ4n) is 6.46. The molecule has 2 bridgehead atoms. The molecule has 0 radical (unpaired) electrons. The number of carboxylic acid groups (broad SMARTS) is 1. The Morgan fingerprint density at radius 1 is 1.15 bits per heavy atom. The fraction of sp³-hybridized carbons (Fsp3) is 0.571. The van der Waals surface area contributed by atoms with Crippen LogP contribution in [-0.4, -0.2) is 34.7 Å². The Bertz CT molecular complexity index is 1080. The number of rotatable bonds is 5. The summed E-state index contributed by atoms with van der Waals surface area (Å²) in [5, 5.41) is 21.6. The lowest BCUT2D eigenvalue weighted by Gasteiger charge is -2.32. The number of likely N-dealkylation sites (tertiary alicyclic amines) is 1. The first-order valence-corrected chi connectivity index (χ1v) is 12.5. The number of nitrogens with zero attached hydrogens (tertiary/aromatic N) is 2. The number of benzene rings is 2. The Morgan fingerprint density at radius 3 is 2.64 bits per heavy atom. The van der Waals surface area contributed by atoms with Crippen LogP contribution >= 0.6 is 0 Å². The van der Waals surface area contributed by atoms with Gasteiger partial charge in [0.2, 0.25) is 0 Å². The second-order valence-electron chi connectivity index (χ2n) is 10.7. The highest BCUT2D eigenvalue weighted by Crippen LogP contribution is 2.43. The number of fused-ring (bicyclic) bond motifs is 3. The first-order valence-electron chi connectivity index (χ1n) is 12.5. The number of hydrogen-bond donors (Lipinski definition) is 1. The number of carboxylic acids is 1. The van der Waals surface area contributed by atoms with Crippen molar-refractivity contribution in [2.45, 2.75) is 77.0 Å². The molecule has 4 atom stereocenters. The molecule has 5 rings (SSSR count). The molecule has 33 heavy (non-hydrogen) atoms. The van der Waals surface area contributed by atoms with Gasteiger partial charge in [0.15, 0.2) is 0 Å². The molecule has 2 aliphatic carbocycles. The molecule has 3 aliphatic rings. The SMILES string of the molecule is CC1CCC(Oc2ccc3ccc(C(C)N4CC5CC(C(=O)O)CC4C5)cc3c2C#N)CC1. The largest absolute Gasteiger partial charge is 0.489 e. The number of hydrogen-bond acceptors (Lipinski definition) is 4. The quantitative estimate of drug-likeness (QED) is 0.617. The summed E-state index contributed by atoms with van der Waals surface area (Å²) < 4.78 is 6.34. The zero-order chi connectivity index (χ0) is 23.1. The van der Waals surface area contributed by atoms with E-state index in [4.69, 9.17) is 4.74 Å². The van der Waals surface area contributed by atoms with Crippen LogP contribution < -0.4 is 4.74 Å². The van der Waals surface area contributed by atoms with Crippen LogP contribution in [0.25, 0.3) is 10.8 Å². The van der Waals surface area contributed by atoms with Crippen LogP contribution in [0.5, 0.6) is 5.75 Å². The van der Waals surface area contributed by atoms with Crippen LogP contribution in [0.3, 0.4) is 0 Å². The summed E-state index contributed by atoms with van der Waals surface area (Å²) in [7, 11) is 0. The molecule has 2 saturated carbocycles. The normalized spacial score (nSPS) is 30.6. The van der Waals surface area contributed by atoms with Crippen LogP contribution in [0.15, 0.2) is 30.3 Å². The molecule has 5 nitrogen and oxygen atoms in total. The minimum Gasteiger partial charge on any atom is -0.489 e. The minimum absolute atomic E-state index is 0.188. The highest BCUT2D eigenvalue weighted by molar-refractivity contribution is 5.90. The van der Waals surface area contributed by atoms with Gasteiger partial charge in [-0.25, -0.2) is 0 Å². The molecule has 174 valence electrons. The van der Waals surface area contributed by atoms with Gasteiger partial charge in [0.25, 0.3) is 0 Å². The first kappa shape index (κ1) is 22.2. The van der Waals surface area contributed by atoms with Crippen LogP contribution in [0.4, 0.5) is 0 Å². The smallest absolute Gasteiger partial charge is 0.306 e. The van der Waals surface area contributed by atoms with E-state index >= 15 is 0 Å². The molecule has 0 amide bonds. The molecule has 1 aliphatic heterocycles. The van der Waals surface area contributed by atoms with E-state index < -0.39 is 5.97 Å². The van der Waals surface area contributed by atoms with Gasteiger partial charge in [0.1, 0.15) is 17.4 Å². The van der Waals surface area contributed by atoms with Gasteiger partial charge in [-0.3, -0.25) is 9.69 Å². The second kappa shape index (κ2) is 8.99. The van der Waals surface area contributed by atoms with Crippen molar-refractivity contribution in [1.29, 1.82) is 5.26 Å². The molecule has 3 fully saturated rings. The predicted octanol–water partition coefficient (Wildman–Crippen LogP) is 5.92. The third kappa shape index (κ3) is 4.34. The molecule has 1 N–H and O–H groups in total. The Balaban J connectivity index is 1.40. The molecule has 5 heteroatoms. The van der Waals surface area contributed by atoms with E-state index in [1.807, 2.05) is 6.07 Å². The van der Waals surface area contributed by atoms with Gasteiger partial charge in [-0.2, -0.15) is 5.26 Å². The van der Waals surface area contributed by atoms with E-state index in [-0.39, 0.29) is 18.1 Å². The highest BCUT2D eigenvalue weighted by Gasteiger charge is 2.43. The molecule has 0 aromatic heterocycles. The molecule has 2 aromatic carbocycles. The Morgan fingerprint density at radius 2 is 1.91 bits per heavy atom. The molecular formula is C28H34N2O3. The van der Waals surface area contributed by atoms with Gasteiger partial charge in [-0.1, -0.05) is 25.1 Å². The monoisotopic (exact) mass is 446 g/mol. The van der Waals surface area contributed by atoms with Crippen LogP contribution in [0, 0.1) is 29.1 Å². The lowest BCUT2D eigenvalue weighted by atomic mass is 9.82. The summed E-state index contributed by atoms with van der Waals surface area (Å²) in [6, 6.07) is 13.4. The molecule has 0 spiro atoms. The summed E-state index contributed by atoms with van der Waals surface area (Å²) in [5.41, 5.74) is 1.81. The summed E-state index contributed by atoms with van der Waals surface area (Å²) in [5.74, 6) is 1.08. The van der Waals surface area contributed by atoms with E-state index in [1.54, 1.807) is 0 Å².